The SMILES string of the molecule is CC(=O)O[C@@H]1[C@@H](OC(=O)c2ccccc2)[C@H]([C@H](CO[C@@H]2O[C@@H]([C@@H](COC(c3ccccc3)(c3ccccc3)c3ccccc3)OC(=O)c3ccccc3)[C@H](OC(=O)c3ccccc3)[C@H]2OC(C)=O)OC(=O)c2ccccc2)O[C@H]1O. The molecule has 410 valence electrons. The van der Waals surface area contributed by atoms with Gasteiger partial charge in [-0.05, 0) is 65.2 Å². The fraction of sp³-hybridized carbons (Fsp3) is 0.238. The average molecular weight is 1090 g/mol. The lowest BCUT2D eigenvalue weighted by Crippen LogP contribution is -2.49. The third-order valence-corrected chi connectivity index (χ3v) is 13.2. The molecule has 7 aromatic rings. The van der Waals surface area contributed by atoms with Crippen molar-refractivity contribution >= 4 is 35.8 Å². The molecule has 2 aliphatic heterocycles. The van der Waals surface area contributed by atoms with Crippen molar-refractivity contribution in [3.05, 3.63) is 251 Å². The molecule has 0 aromatic heterocycles. The highest BCUT2D eigenvalue weighted by Gasteiger charge is 2.57. The molecule has 0 amide bonds. The monoisotopic (exact) mass is 1080 g/mol. The van der Waals surface area contributed by atoms with Gasteiger partial charge in [0, 0.05) is 13.8 Å². The van der Waals surface area contributed by atoms with Crippen molar-refractivity contribution < 1.29 is 81.2 Å². The van der Waals surface area contributed by atoms with Gasteiger partial charge >= 0.3 is 35.8 Å². The number of aliphatic hydroxyl groups excluding tert-OH is 1. The van der Waals surface area contributed by atoms with Gasteiger partial charge in [-0.15, -0.1) is 0 Å². The van der Waals surface area contributed by atoms with Crippen LogP contribution in [0.2, 0.25) is 0 Å². The summed E-state index contributed by atoms with van der Waals surface area (Å²) in [5.74, 6) is -5.26. The first kappa shape index (κ1) is 55.9. The smallest absolute Gasteiger partial charge is 0.338 e. The van der Waals surface area contributed by atoms with Crippen molar-refractivity contribution in [1.29, 1.82) is 0 Å². The fourth-order valence-electron chi connectivity index (χ4n) is 9.60. The van der Waals surface area contributed by atoms with Gasteiger partial charge in [-0.25, -0.2) is 19.2 Å². The highest BCUT2D eigenvalue weighted by Crippen LogP contribution is 2.42. The first-order chi connectivity index (χ1) is 38.9. The molecule has 0 spiro atoms. The zero-order valence-corrected chi connectivity index (χ0v) is 43.4. The minimum Gasteiger partial charge on any atom is -0.453 e. The van der Waals surface area contributed by atoms with E-state index in [2.05, 4.69) is 0 Å². The molecule has 2 heterocycles. The summed E-state index contributed by atoms with van der Waals surface area (Å²) in [7, 11) is 0. The zero-order chi connectivity index (χ0) is 56.0. The quantitative estimate of drug-likeness (QED) is 0.0407. The lowest BCUT2D eigenvalue weighted by atomic mass is 9.80. The van der Waals surface area contributed by atoms with Crippen molar-refractivity contribution in [2.45, 2.75) is 80.9 Å². The molecule has 7 aromatic carbocycles. The number of rotatable bonds is 21. The normalized spacial score (nSPS) is 21.2. The van der Waals surface area contributed by atoms with Crippen LogP contribution < -0.4 is 0 Å². The second kappa shape index (κ2) is 26.2. The number of carbonyl (C=O) groups is 6. The molecule has 2 saturated heterocycles. The van der Waals surface area contributed by atoms with Crippen LogP contribution in [-0.4, -0.2) is 116 Å². The Balaban J connectivity index is 1.13. The summed E-state index contributed by atoms with van der Waals surface area (Å²) in [4.78, 5) is 82.3. The topological polar surface area (TPSA) is 215 Å². The highest BCUT2D eigenvalue weighted by molar-refractivity contribution is 5.91. The van der Waals surface area contributed by atoms with E-state index in [4.69, 9.17) is 47.4 Å². The maximum absolute atomic E-state index is 14.4. The van der Waals surface area contributed by atoms with Crippen LogP contribution in [0.15, 0.2) is 212 Å². The Hall–Kier alpha value is -8.84. The van der Waals surface area contributed by atoms with Crippen molar-refractivity contribution in [3.63, 3.8) is 0 Å². The first-order valence-electron chi connectivity index (χ1n) is 25.7. The Morgan fingerprint density at radius 1 is 0.412 bits per heavy atom. The van der Waals surface area contributed by atoms with Crippen LogP contribution in [0, 0.1) is 0 Å². The third kappa shape index (κ3) is 13.2. The summed E-state index contributed by atoms with van der Waals surface area (Å²) in [5.41, 5.74) is 1.12. The molecule has 0 unspecified atom stereocenters. The minimum absolute atomic E-state index is 0.0777. The molecule has 2 aliphatic rings. The van der Waals surface area contributed by atoms with Gasteiger partial charge in [-0.2, -0.15) is 0 Å². The van der Waals surface area contributed by atoms with Crippen LogP contribution in [-0.2, 0) is 62.6 Å². The van der Waals surface area contributed by atoms with Crippen molar-refractivity contribution in [3.8, 4) is 0 Å². The molecule has 0 bridgehead atoms. The van der Waals surface area contributed by atoms with Gasteiger partial charge in [0.05, 0.1) is 35.5 Å². The fourth-order valence-corrected chi connectivity index (χ4v) is 9.60. The van der Waals surface area contributed by atoms with E-state index in [1.54, 1.807) is 84.9 Å². The average Bonchev–Trinajstić information content (AvgIpc) is 4.07. The number of esters is 6. The largest absolute Gasteiger partial charge is 0.453 e. The molecular weight excluding hydrogens is 1030 g/mol. The van der Waals surface area contributed by atoms with E-state index in [1.807, 2.05) is 91.0 Å². The van der Waals surface area contributed by atoms with E-state index >= 15 is 0 Å². The Morgan fingerprint density at radius 2 is 0.738 bits per heavy atom. The Kier molecular flexibility index (Phi) is 18.3. The van der Waals surface area contributed by atoms with Crippen molar-refractivity contribution in [2.24, 2.45) is 0 Å². The van der Waals surface area contributed by atoms with Crippen LogP contribution in [0.4, 0.5) is 0 Å². The van der Waals surface area contributed by atoms with Gasteiger partial charge in [0.25, 0.3) is 0 Å². The third-order valence-electron chi connectivity index (χ3n) is 13.2. The number of hydrogen-bond acceptors (Lipinski definition) is 17. The number of aliphatic hydroxyl groups is 1. The molecule has 17 nitrogen and oxygen atoms in total. The molecule has 0 saturated carbocycles. The van der Waals surface area contributed by atoms with E-state index in [-0.39, 0.29) is 22.3 Å². The lowest BCUT2D eigenvalue weighted by molar-refractivity contribution is -0.214. The van der Waals surface area contributed by atoms with E-state index in [9.17, 15) is 33.9 Å². The summed E-state index contributed by atoms with van der Waals surface area (Å²) in [6.07, 6.45) is -16.6. The van der Waals surface area contributed by atoms with Gasteiger partial charge < -0.3 is 52.5 Å². The summed E-state index contributed by atoms with van der Waals surface area (Å²) in [6.45, 7) is 0.971. The molecule has 0 aliphatic carbocycles. The minimum atomic E-state index is -1.92. The molecule has 10 atom stereocenters. The van der Waals surface area contributed by atoms with Crippen LogP contribution >= 0.6 is 0 Å². The van der Waals surface area contributed by atoms with Crippen LogP contribution in [0.5, 0.6) is 0 Å². The molecule has 9 rings (SSSR count). The summed E-state index contributed by atoms with van der Waals surface area (Å²) >= 11 is 0. The van der Waals surface area contributed by atoms with E-state index < -0.39 is 116 Å². The lowest BCUT2D eigenvalue weighted by Gasteiger charge is -2.38. The molecule has 2 fully saturated rings. The van der Waals surface area contributed by atoms with E-state index in [0.29, 0.717) is 16.7 Å². The van der Waals surface area contributed by atoms with Gasteiger partial charge in [0.1, 0.15) is 17.8 Å². The number of carbonyl (C=O) groups excluding carboxylic acids is 6. The second-order valence-electron chi connectivity index (χ2n) is 18.6. The molecule has 1 N–H and O–H groups in total. The number of hydrogen-bond donors (Lipinski definition) is 1. The predicted octanol–water partition coefficient (Wildman–Crippen LogP) is 8.22. The maximum Gasteiger partial charge on any atom is 0.338 e. The molecule has 0 radical (unpaired) electrons. The van der Waals surface area contributed by atoms with Gasteiger partial charge in [0.2, 0.25) is 0 Å². The zero-order valence-electron chi connectivity index (χ0n) is 43.4. The van der Waals surface area contributed by atoms with Crippen LogP contribution in [0.1, 0.15) is 72.0 Å². The number of benzene rings is 7. The summed E-state index contributed by atoms with van der Waals surface area (Å²) in [5, 5.41) is 11.3. The molecule has 17 heteroatoms. The number of ether oxygens (including phenoxy) is 10. The van der Waals surface area contributed by atoms with Crippen LogP contribution in [0.25, 0.3) is 0 Å². The van der Waals surface area contributed by atoms with Crippen molar-refractivity contribution in [1.82, 2.24) is 0 Å². The predicted molar refractivity (Wildman–Crippen MR) is 284 cm³/mol. The van der Waals surface area contributed by atoms with Crippen LogP contribution in [0.3, 0.4) is 0 Å². The summed E-state index contributed by atoms with van der Waals surface area (Å²) in [6, 6.07) is 60.0. The van der Waals surface area contributed by atoms with E-state index in [0.717, 1.165) is 13.8 Å². The van der Waals surface area contributed by atoms with Crippen molar-refractivity contribution in [2.75, 3.05) is 13.2 Å². The highest BCUT2D eigenvalue weighted by atomic mass is 16.8. The maximum atomic E-state index is 14.4. The Bertz CT molecular complexity index is 3070. The van der Waals surface area contributed by atoms with Gasteiger partial charge in [0.15, 0.2) is 49.2 Å². The Labute approximate surface area is 460 Å². The Morgan fingerprint density at radius 3 is 1.12 bits per heavy atom. The van der Waals surface area contributed by atoms with Gasteiger partial charge in [-0.3, -0.25) is 9.59 Å². The molecular formula is C63H56O17. The first-order valence-corrected chi connectivity index (χ1v) is 25.7. The standard InChI is InChI=1S/C63H56O17/c1-40(64)73-55-53(78-59(68)44-28-14-5-15-29-44)51(77-61(55)70)49(75-57(66)42-24-10-3-11-25-42)38-71-62-56(74-41(2)65)54(79-60(69)45-30-16-6-17-31-45)52(80-62)50(76-58(67)43-26-12-4-13-27-43)39-72-63(46-32-18-7-19-33-46,47-34-20-8-21-35-47)48-36-22-9-23-37-48/h3-37,49-56,61-62,70H,38-39H2,1-2H3/t49-,50+,51-,52-,53-,54-,55+,56+,61+,62+/m0/s1. The second-order valence-corrected chi connectivity index (χ2v) is 18.6. The summed E-state index contributed by atoms with van der Waals surface area (Å²) < 4.78 is 62.5. The molecule has 80 heavy (non-hydrogen) atoms. The van der Waals surface area contributed by atoms with Gasteiger partial charge in [-0.1, -0.05) is 164 Å². The van der Waals surface area contributed by atoms with E-state index in [1.165, 1.54) is 36.4 Å².